The van der Waals surface area contributed by atoms with Gasteiger partial charge in [0.25, 0.3) is 0 Å². The molecular weight excluding hydrogens is 273 g/mol. The molecule has 0 aliphatic heterocycles. The number of hydrogen-bond donors (Lipinski definition) is 1. The van der Waals surface area contributed by atoms with E-state index in [1.54, 1.807) is 0 Å². The van der Waals surface area contributed by atoms with Crippen LogP contribution < -0.4 is 9.46 Å². The molecule has 0 bridgehead atoms. The van der Waals surface area contributed by atoms with Gasteiger partial charge in [-0.2, -0.15) is 13.2 Å². The van der Waals surface area contributed by atoms with E-state index in [4.69, 9.17) is 4.74 Å². The molecule has 1 N–H and O–H groups in total. The van der Waals surface area contributed by atoms with Gasteiger partial charge in [-0.3, -0.25) is 0 Å². The SMILES string of the molecule is CS(=O)(=O)NCCOc1cccc(C(F)(F)F)n1. The Morgan fingerprint density at radius 2 is 2.06 bits per heavy atom. The van der Waals surface area contributed by atoms with Gasteiger partial charge in [-0.1, -0.05) is 6.07 Å². The van der Waals surface area contributed by atoms with Crippen molar-refractivity contribution in [3.8, 4) is 5.88 Å². The number of aromatic nitrogens is 1. The van der Waals surface area contributed by atoms with E-state index in [1.165, 1.54) is 6.07 Å². The molecule has 0 spiro atoms. The van der Waals surface area contributed by atoms with Crippen LogP contribution in [-0.4, -0.2) is 32.8 Å². The third kappa shape index (κ3) is 5.32. The summed E-state index contributed by atoms with van der Waals surface area (Å²) in [7, 11) is -3.34. The lowest BCUT2D eigenvalue weighted by molar-refractivity contribution is -0.141. The summed E-state index contributed by atoms with van der Waals surface area (Å²) in [6.45, 7) is -0.155. The van der Waals surface area contributed by atoms with Crippen LogP contribution >= 0.6 is 0 Å². The molecule has 1 aromatic heterocycles. The van der Waals surface area contributed by atoms with Crippen molar-refractivity contribution in [1.82, 2.24) is 9.71 Å². The summed E-state index contributed by atoms with van der Waals surface area (Å²) in [5.41, 5.74) is -1.06. The van der Waals surface area contributed by atoms with Crippen LogP contribution in [0, 0.1) is 0 Å². The minimum Gasteiger partial charge on any atom is -0.476 e. The molecule has 102 valence electrons. The van der Waals surface area contributed by atoms with E-state index in [0.29, 0.717) is 0 Å². The summed E-state index contributed by atoms with van der Waals surface area (Å²) in [4.78, 5) is 3.25. The molecule has 9 heteroatoms. The van der Waals surface area contributed by atoms with Gasteiger partial charge in [0, 0.05) is 12.6 Å². The third-order valence-electron chi connectivity index (χ3n) is 1.73. The molecule has 0 aliphatic rings. The summed E-state index contributed by atoms with van der Waals surface area (Å²) in [5, 5.41) is 0. The Kier molecular flexibility index (Phi) is 4.52. The number of sulfonamides is 1. The number of ether oxygens (including phenoxy) is 1. The minimum atomic E-state index is -4.54. The first-order valence-electron chi connectivity index (χ1n) is 4.80. The summed E-state index contributed by atoms with van der Waals surface area (Å²) >= 11 is 0. The topological polar surface area (TPSA) is 68.3 Å². The van der Waals surface area contributed by atoms with Crippen molar-refractivity contribution < 1.29 is 26.3 Å². The first kappa shape index (κ1) is 14.7. The largest absolute Gasteiger partial charge is 0.476 e. The van der Waals surface area contributed by atoms with E-state index in [-0.39, 0.29) is 19.0 Å². The average molecular weight is 284 g/mol. The van der Waals surface area contributed by atoms with Gasteiger partial charge in [-0.05, 0) is 6.07 Å². The van der Waals surface area contributed by atoms with Crippen molar-refractivity contribution >= 4 is 10.0 Å². The molecule has 1 aromatic rings. The maximum absolute atomic E-state index is 12.3. The maximum Gasteiger partial charge on any atom is 0.433 e. The predicted molar refractivity (Wildman–Crippen MR) is 57.6 cm³/mol. The summed E-state index contributed by atoms with van der Waals surface area (Å²) in [6, 6.07) is 3.24. The summed E-state index contributed by atoms with van der Waals surface area (Å²) < 4.78 is 65.3. The Bertz CT molecular complexity index is 502. The molecule has 0 atom stereocenters. The van der Waals surface area contributed by atoms with E-state index in [2.05, 4.69) is 9.71 Å². The first-order chi connectivity index (χ1) is 8.18. The number of nitrogens with zero attached hydrogens (tertiary/aromatic N) is 1. The molecule has 0 aromatic carbocycles. The van der Waals surface area contributed by atoms with Crippen LogP contribution in [0.2, 0.25) is 0 Å². The fraction of sp³-hybridized carbons (Fsp3) is 0.444. The van der Waals surface area contributed by atoms with Crippen LogP contribution in [-0.2, 0) is 16.2 Å². The third-order valence-corrected chi connectivity index (χ3v) is 2.46. The first-order valence-corrected chi connectivity index (χ1v) is 6.69. The minimum absolute atomic E-state index is 0.0449. The second kappa shape index (κ2) is 5.53. The van der Waals surface area contributed by atoms with Crippen LogP contribution in [0.15, 0.2) is 18.2 Å². The second-order valence-electron chi connectivity index (χ2n) is 3.37. The standard InChI is InChI=1S/C9H11F3N2O3S/c1-18(15,16)13-5-6-17-8-4-2-3-7(14-8)9(10,11)12/h2-4,13H,5-6H2,1H3. The maximum atomic E-state index is 12.3. The van der Waals surface area contributed by atoms with Gasteiger partial charge in [0.1, 0.15) is 12.3 Å². The quantitative estimate of drug-likeness (QED) is 0.820. The fourth-order valence-corrected chi connectivity index (χ4v) is 1.49. The number of alkyl halides is 3. The second-order valence-corrected chi connectivity index (χ2v) is 5.21. The van der Waals surface area contributed by atoms with Gasteiger partial charge >= 0.3 is 6.18 Å². The Morgan fingerprint density at radius 1 is 1.39 bits per heavy atom. The zero-order valence-corrected chi connectivity index (χ0v) is 10.2. The van der Waals surface area contributed by atoms with Crippen LogP contribution in [0.4, 0.5) is 13.2 Å². The van der Waals surface area contributed by atoms with Crippen molar-refractivity contribution in [3.63, 3.8) is 0 Å². The van der Waals surface area contributed by atoms with E-state index in [9.17, 15) is 21.6 Å². The molecular formula is C9H11F3N2O3S. The van der Waals surface area contributed by atoms with Gasteiger partial charge in [0.05, 0.1) is 6.26 Å². The Balaban J connectivity index is 2.53. The predicted octanol–water partition coefficient (Wildman–Crippen LogP) is 1.03. The van der Waals surface area contributed by atoms with E-state index < -0.39 is 21.9 Å². The normalized spacial score (nSPS) is 12.4. The number of pyridine rings is 1. The Morgan fingerprint density at radius 3 is 2.61 bits per heavy atom. The van der Waals surface area contributed by atoms with Crippen LogP contribution in [0.1, 0.15) is 5.69 Å². The number of nitrogens with one attached hydrogen (secondary N) is 1. The molecule has 0 saturated heterocycles. The monoisotopic (exact) mass is 284 g/mol. The van der Waals surface area contributed by atoms with Gasteiger partial charge in [-0.15, -0.1) is 0 Å². The number of rotatable bonds is 5. The zero-order chi connectivity index (χ0) is 13.8. The highest BCUT2D eigenvalue weighted by Crippen LogP contribution is 2.28. The van der Waals surface area contributed by atoms with Crippen molar-refractivity contribution in [1.29, 1.82) is 0 Å². The van der Waals surface area contributed by atoms with Crippen LogP contribution in [0.25, 0.3) is 0 Å². The molecule has 1 rings (SSSR count). The van der Waals surface area contributed by atoms with Gasteiger partial charge in [-0.25, -0.2) is 18.1 Å². The van der Waals surface area contributed by atoms with Crippen molar-refractivity contribution in [3.05, 3.63) is 23.9 Å². The Labute approximate surface area is 102 Å². The van der Waals surface area contributed by atoms with E-state index >= 15 is 0 Å². The number of hydrogen-bond acceptors (Lipinski definition) is 4. The highest BCUT2D eigenvalue weighted by Gasteiger charge is 2.32. The highest BCUT2D eigenvalue weighted by atomic mass is 32.2. The van der Waals surface area contributed by atoms with Gasteiger partial charge in [0.2, 0.25) is 15.9 Å². The summed E-state index contributed by atoms with van der Waals surface area (Å²) in [6.07, 6.45) is -3.57. The van der Waals surface area contributed by atoms with Crippen LogP contribution in [0.3, 0.4) is 0 Å². The number of halogens is 3. The molecule has 0 aliphatic carbocycles. The molecule has 0 radical (unpaired) electrons. The molecule has 18 heavy (non-hydrogen) atoms. The fourth-order valence-electron chi connectivity index (χ4n) is 1.04. The molecule has 5 nitrogen and oxygen atoms in total. The molecule has 0 unspecified atom stereocenters. The molecule has 0 fully saturated rings. The van der Waals surface area contributed by atoms with Crippen LogP contribution in [0.5, 0.6) is 5.88 Å². The van der Waals surface area contributed by atoms with Gasteiger partial charge < -0.3 is 4.74 Å². The highest BCUT2D eigenvalue weighted by molar-refractivity contribution is 7.88. The molecule has 0 saturated carbocycles. The van der Waals surface area contributed by atoms with Crippen molar-refractivity contribution in [2.24, 2.45) is 0 Å². The molecule has 0 amide bonds. The van der Waals surface area contributed by atoms with E-state index in [0.717, 1.165) is 18.4 Å². The lowest BCUT2D eigenvalue weighted by Crippen LogP contribution is -2.27. The van der Waals surface area contributed by atoms with E-state index in [1.807, 2.05) is 0 Å². The Hall–Kier alpha value is -1.35. The zero-order valence-electron chi connectivity index (χ0n) is 9.36. The average Bonchev–Trinajstić information content (AvgIpc) is 2.22. The molecule has 1 heterocycles. The lowest BCUT2D eigenvalue weighted by Gasteiger charge is -2.09. The lowest BCUT2D eigenvalue weighted by atomic mass is 10.3. The van der Waals surface area contributed by atoms with Crippen molar-refractivity contribution in [2.45, 2.75) is 6.18 Å². The van der Waals surface area contributed by atoms with Gasteiger partial charge in [0.15, 0.2) is 0 Å². The smallest absolute Gasteiger partial charge is 0.433 e. The summed E-state index contributed by atoms with van der Waals surface area (Å²) in [5.74, 6) is -0.208. The van der Waals surface area contributed by atoms with Crippen molar-refractivity contribution in [2.75, 3.05) is 19.4 Å².